The molecule has 0 unspecified atom stereocenters. The quantitative estimate of drug-likeness (QED) is 0.728. The Morgan fingerprint density at radius 3 is 2.67 bits per heavy atom. The van der Waals surface area contributed by atoms with E-state index in [0.29, 0.717) is 0 Å². The lowest BCUT2D eigenvalue weighted by Gasteiger charge is -2.09. The van der Waals surface area contributed by atoms with Gasteiger partial charge >= 0.3 is 0 Å². The molecule has 0 fully saturated rings. The highest BCUT2D eigenvalue weighted by Crippen LogP contribution is 2.41. The zero-order chi connectivity index (χ0) is 12.5. The van der Waals surface area contributed by atoms with E-state index in [9.17, 15) is 0 Å². The van der Waals surface area contributed by atoms with Gasteiger partial charge in [-0.25, -0.2) is 0 Å². The molecule has 2 aromatic rings. The lowest BCUT2D eigenvalue weighted by atomic mass is 10.0. The van der Waals surface area contributed by atoms with E-state index in [1.54, 1.807) is 7.11 Å². The van der Waals surface area contributed by atoms with Crippen LogP contribution in [0.25, 0.3) is 11.6 Å². The first-order valence-electron chi connectivity index (χ1n) is 5.91. The second-order valence-electron chi connectivity index (χ2n) is 4.33. The predicted molar refractivity (Wildman–Crippen MR) is 77.1 cm³/mol. The summed E-state index contributed by atoms with van der Waals surface area (Å²) in [6.07, 6.45) is 2.24. The van der Waals surface area contributed by atoms with Gasteiger partial charge in [0, 0.05) is 9.79 Å². The summed E-state index contributed by atoms with van der Waals surface area (Å²) in [5, 5.41) is 0. The molecule has 1 aliphatic rings. The summed E-state index contributed by atoms with van der Waals surface area (Å²) in [6, 6.07) is 14.8. The average molecular weight is 254 g/mol. The molecular weight excluding hydrogens is 240 g/mol. The Morgan fingerprint density at radius 2 is 1.83 bits per heavy atom. The number of rotatable bonds is 1. The molecule has 0 N–H and O–H groups in total. The normalized spacial score (nSPS) is 13.1. The van der Waals surface area contributed by atoms with Crippen LogP contribution in [0, 0.1) is 0 Å². The zero-order valence-electron chi connectivity index (χ0n) is 10.4. The molecule has 0 atom stereocenters. The van der Waals surface area contributed by atoms with Crippen molar-refractivity contribution in [3.05, 3.63) is 53.6 Å². The van der Waals surface area contributed by atoms with Crippen LogP contribution in [0.1, 0.15) is 18.1 Å². The average Bonchev–Trinajstić information content (AvgIpc) is 2.54. The van der Waals surface area contributed by atoms with Crippen LogP contribution in [-0.4, -0.2) is 7.11 Å². The van der Waals surface area contributed by atoms with Crippen molar-refractivity contribution in [2.45, 2.75) is 16.7 Å². The van der Waals surface area contributed by atoms with Crippen LogP contribution in [0.3, 0.4) is 0 Å². The van der Waals surface area contributed by atoms with Gasteiger partial charge in [0.25, 0.3) is 0 Å². The summed E-state index contributed by atoms with van der Waals surface area (Å²) in [7, 11) is 1.71. The first-order valence-corrected chi connectivity index (χ1v) is 6.73. The van der Waals surface area contributed by atoms with Crippen molar-refractivity contribution in [3.8, 4) is 5.75 Å². The third-order valence-corrected chi connectivity index (χ3v) is 4.29. The fraction of sp³-hybridized carbons (Fsp3) is 0.125. The van der Waals surface area contributed by atoms with Crippen molar-refractivity contribution in [3.63, 3.8) is 0 Å². The van der Waals surface area contributed by atoms with Crippen molar-refractivity contribution in [2.75, 3.05) is 7.11 Å². The molecule has 0 spiro atoms. The highest BCUT2D eigenvalue weighted by molar-refractivity contribution is 7.99. The number of benzene rings is 2. The largest absolute Gasteiger partial charge is 0.497 e. The van der Waals surface area contributed by atoms with Crippen molar-refractivity contribution >= 4 is 23.4 Å². The van der Waals surface area contributed by atoms with E-state index in [2.05, 4.69) is 49.4 Å². The monoisotopic (exact) mass is 254 g/mol. The molecular formula is C16H14OS. The second-order valence-corrected chi connectivity index (χ2v) is 5.41. The first kappa shape index (κ1) is 11.4. The third-order valence-electron chi connectivity index (χ3n) is 3.12. The lowest BCUT2D eigenvalue weighted by Crippen LogP contribution is -1.87. The maximum Gasteiger partial charge on any atom is 0.119 e. The van der Waals surface area contributed by atoms with Crippen molar-refractivity contribution < 1.29 is 4.74 Å². The van der Waals surface area contributed by atoms with Gasteiger partial charge in [0.15, 0.2) is 0 Å². The molecule has 1 nitrogen and oxygen atoms in total. The van der Waals surface area contributed by atoms with Gasteiger partial charge < -0.3 is 4.74 Å². The van der Waals surface area contributed by atoms with Gasteiger partial charge in [-0.05, 0) is 47.9 Å². The van der Waals surface area contributed by atoms with Gasteiger partial charge in [-0.1, -0.05) is 36.0 Å². The number of ether oxygens (including phenoxy) is 1. The van der Waals surface area contributed by atoms with Crippen LogP contribution < -0.4 is 4.74 Å². The Bertz CT molecular complexity index is 629. The molecule has 0 saturated heterocycles. The van der Waals surface area contributed by atoms with Crippen LogP contribution in [0.4, 0.5) is 0 Å². The van der Waals surface area contributed by atoms with E-state index in [1.807, 2.05) is 17.8 Å². The first-order chi connectivity index (χ1) is 8.78. The fourth-order valence-electron chi connectivity index (χ4n) is 2.16. The summed E-state index contributed by atoms with van der Waals surface area (Å²) in [5.74, 6) is 0.910. The van der Waals surface area contributed by atoms with E-state index in [0.717, 1.165) is 5.75 Å². The molecule has 0 amide bonds. The molecule has 90 valence electrons. The molecule has 2 heteroatoms. The Kier molecular flexibility index (Phi) is 2.88. The summed E-state index contributed by atoms with van der Waals surface area (Å²) in [4.78, 5) is 2.59. The van der Waals surface area contributed by atoms with Gasteiger partial charge in [0.2, 0.25) is 0 Å². The number of allylic oxidation sites excluding steroid dienone is 1. The molecule has 2 aromatic carbocycles. The topological polar surface area (TPSA) is 9.23 Å². The summed E-state index contributed by atoms with van der Waals surface area (Å²) < 4.78 is 5.31. The van der Waals surface area contributed by atoms with Gasteiger partial charge in [-0.2, -0.15) is 0 Å². The Labute approximate surface area is 111 Å². The highest BCUT2D eigenvalue weighted by Gasteiger charge is 2.13. The maximum absolute atomic E-state index is 5.31. The fourth-order valence-corrected chi connectivity index (χ4v) is 3.25. The van der Waals surface area contributed by atoms with Crippen LogP contribution in [0.15, 0.2) is 52.3 Å². The molecule has 3 rings (SSSR count). The molecule has 0 bridgehead atoms. The maximum atomic E-state index is 5.31. The molecule has 0 saturated carbocycles. The summed E-state index contributed by atoms with van der Waals surface area (Å²) in [6.45, 7) is 2.15. The molecule has 0 aliphatic carbocycles. The molecule has 0 aromatic heterocycles. The number of hydrogen-bond donors (Lipinski definition) is 0. The van der Waals surface area contributed by atoms with E-state index in [-0.39, 0.29) is 0 Å². The van der Waals surface area contributed by atoms with E-state index in [1.165, 1.54) is 26.5 Å². The van der Waals surface area contributed by atoms with Crippen molar-refractivity contribution in [1.82, 2.24) is 0 Å². The van der Waals surface area contributed by atoms with Crippen LogP contribution >= 0.6 is 11.8 Å². The molecule has 1 aliphatic heterocycles. The van der Waals surface area contributed by atoms with Gasteiger partial charge in [-0.15, -0.1) is 0 Å². The Morgan fingerprint density at radius 1 is 1.00 bits per heavy atom. The van der Waals surface area contributed by atoms with Gasteiger partial charge in [0.05, 0.1) is 7.11 Å². The van der Waals surface area contributed by atoms with Crippen LogP contribution in [0.2, 0.25) is 0 Å². The van der Waals surface area contributed by atoms with Gasteiger partial charge in [0.1, 0.15) is 5.75 Å². The Balaban J connectivity index is 2.19. The zero-order valence-corrected chi connectivity index (χ0v) is 11.3. The molecule has 18 heavy (non-hydrogen) atoms. The smallest absolute Gasteiger partial charge is 0.119 e. The Hall–Kier alpha value is -1.67. The van der Waals surface area contributed by atoms with Gasteiger partial charge in [-0.3, -0.25) is 0 Å². The second kappa shape index (κ2) is 4.54. The third kappa shape index (κ3) is 1.93. The highest BCUT2D eigenvalue weighted by atomic mass is 32.2. The van der Waals surface area contributed by atoms with E-state index < -0.39 is 0 Å². The minimum atomic E-state index is 0.910. The van der Waals surface area contributed by atoms with Crippen LogP contribution in [0.5, 0.6) is 5.75 Å². The lowest BCUT2D eigenvalue weighted by molar-refractivity contribution is 0.414. The standard InChI is InChI=1S/C16H14OS/c1-11-9-12-5-3-4-6-15(12)18-16-8-7-13(17-2)10-14(11)16/h3-10H,1-2H3. The minimum Gasteiger partial charge on any atom is -0.497 e. The summed E-state index contributed by atoms with van der Waals surface area (Å²) in [5.41, 5.74) is 3.83. The SMILES string of the molecule is COc1ccc2c(c1)C(C)=Cc1ccccc1S2. The van der Waals surface area contributed by atoms with E-state index in [4.69, 9.17) is 4.74 Å². The number of hydrogen-bond acceptors (Lipinski definition) is 2. The summed E-state index contributed by atoms with van der Waals surface area (Å²) >= 11 is 1.82. The van der Waals surface area contributed by atoms with Crippen molar-refractivity contribution in [1.29, 1.82) is 0 Å². The molecule has 0 radical (unpaired) electrons. The predicted octanol–water partition coefficient (Wildman–Crippen LogP) is 4.72. The number of methoxy groups -OCH3 is 1. The van der Waals surface area contributed by atoms with Crippen LogP contribution in [-0.2, 0) is 0 Å². The minimum absolute atomic E-state index is 0.910. The van der Waals surface area contributed by atoms with E-state index >= 15 is 0 Å². The van der Waals surface area contributed by atoms with Crippen molar-refractivity contribution in [2.24, 2.45) is 0 Å². The molecule has 1 heterocycles. The number of fused-ring (bicyclic) bond motifs is 2.